The number of benzene rings is 2. The van der Waals surface area contributed by atoms with Crippen molar-refractivity contribution in [2.24, 2.45) is 0 Å². The molecular formula is C19H14F5N3O2. The van der Waals surface area contributed by atoms with Crippen molar-refractivity contribution < 1.29 is 31.5 Å². The molecule has 2 aromatic carbocycles. The summed E-state index contributed by atoms with van der Waals surface area (Å²) in [6, 6.07) is 4.68. The second-order valence-corrected chi connectivity index (χ2v) is 6.24. The number of hydrogen-bond donors (Lipinski definition) is 3. The van der Waals surface area contributed by atoms with Crippen LogP contribution in [0.1, 0.15) is 24.1 Å². The summed E-state index contributed by atoms with van der Waals surface area (Å²) in [6.45, 7) is 1.34. The molecule has 3 amide bonds. The number of carbonyl (C=O) groups is 2. The largest absolute Gasteiger partial charge is 0.416 e. The quantitative estimate of drug-likeness (QED) is 0.661. The molecule has 1 atom stereocenters. The molecular weight excluding hydrogens is 397 g/mol. The predicted octanol–water partition coefficient (Wildman–Crippen LogP) is 4.25. The summed E-state index contributed by atoms with van der Waals surface area (Å²) >= 11 is 0. The van der Waals surface area contributed by atoms with Gasteiger partial charge in [0.1, 0.15) is 11.6 Å². The molecule has 0 saturated heterocycles. The Morgan fingerprint density at radius 3 is 2.31 bits per heavy atom. The van der Waals surface area contributed by atoms with Gasteiger partial charge in [-0.3, -0.25) is 4.79 Å². The van der Waals surface area contributed by atoms with Gasteiger partial charge >= 0.3 is 12.2 Å². The third kappa shape index (κ3) is 4.20. The van der Waals surface area contributed by atoms with Gasteiger partial charge in [-0.1, -0.05) is 12.1 Å². The van der Waals surface area contributed by atoms with E-state index in [0.29, 0.717) is 0 Å². The third-order valence-electron chi connectivity index (χ3n) is 4.25. The van der Waals surface area contributed by atoms with Crippen LogP contribution in [0.5, 0.6) is 0 Å². The van der Waals surface area contributed by atoms with Gasteiger partial charge in [-0.05, 0) is 37.3 Å². The topological polar surface area (TPSA) is 70.2 Å². The maximum atomic E-state index is 14.2. The SMILES string of the molecule is CC1=C(C(=O)Nc2cccc(C(F)(F)F)c2)C(c2c(F)cccc2F)NC(=O)N1. The minimum atomic E-state index is -4.62. The summed E-state index contributed by atoms with van der Waals surface area (Å²) in [6.07, 6.45) is -4.62. The van der Waals surface area contributed by atoms with Crippen LogP contribution in [0.4, 0.5) is 32.4 Å². The van der Waals surface area contributed by atoms with Gasteiger partial charge in [0.05, 0.1) is 22.7 Å². The molecule has 0 bridgehead atoms. The van der Waals surface area contributed by atoms with Gasteiger partial charge in [0, 0.05) is 11.4 Å². The number of nitrogens with one attached hydrogen (secondary N) is 3. The lowest BCUT2D eigenvalue weighted by atomic mass is 9.94. The zero-order valence-corrected chi connectivity index (χ0v) is 14.8. The molecule has 0 aromatic heterocycles. The van der Waals surface area contributed by atoms with Crippen molar-refractivity contribution in [2.45, 2.75) is 19.1 Å². The Bertz CT molecular complexity index is 997. The van der Waals surface area contributed by atoms with E-state index < -0.39 is 46.9 Å². The van der Waals surface area contributed by atoms with Crippen LogP contribution in [0.15, 0.2) is 53.7 Å². The zero-order chi connectivity index (χ0) is 21.3. The molecule has 1 aliphatic rings. The standard InChI is InChI=1S/C19H14F5N3O2/c1-9-14(17(28)26-11-5-2-4-10(8-11)19(22,23)24)16(27-18(29)25-9)15-12(20)6-3-7-13(15)21/h2-8,16H,1H3,(H,26,28)(H2,25,27,29). The van der Waals surface area contributed by atoms with Crippen LogP contribution in [-0.4, -0.2) is 11.9 Å². The van der Waals surface area contributed by atoms with Gasteiger partial charge in [0.25, 0.3) is 5.91 Å². The number of rotatable bonds is 3. The Morgan fingerprint density at radius 2 is 1.69 bits per heavy atom. The van der Waals surface area contributed by atoms with Crippen molar-refractivity contribution in [3.8, 4) is 0 Å². The van der Waals surface area contributed by atoms with Gasteiger partial charge in [0.2, 0.25) is 0 Å². The van der Waals surface area contributed by atoms with Crippen molar-refractivity contribution in [3.63, 3.8) is 0 Å². The molecule has 10 heteroatoms. The van der Waals surface area contributed by atoms with E-state index in [1.54, 1.807) is 0 Å². The van der Waals surface area contributed by atoms with Crippen LogP contribution in [0.3, 0.4) is 0 Å². The van der Waals surface area contributed by atoms with Crippen molar-refractivity contribution in [3.05, 3.63) is 76.5 Å². The number of carbonyl (C=O) groups excluding carboxylic acids is 2. The predicted molar refractivity (Wildman–Crippen MR) is 93.5 cm³/mol. The molecule has 3 N–H and O–H groups in total. The maximum Gasteiger partial charge on any atom is 0.416 e. The van der Waals surface area contributed by atoms with Crippen molar-refractivity contribution in [1.82, 2.24) is 10.6 Å². The summed E-state index contributed by atoms with van der Waals surface area (Å²) in [5, 5.41) is 6.86. The number of anilines is 1. The molecule has 3 rings (SSSR count). The molecule has 0 radical (unpaired) electrons. The molecule has 0 aliphatic carbocycles. The fourth-order valence-corrected chi connectivity index (χ4v) is 2.97. The number of hydrogen-bond acceptors (Lipinski definition) is 2. The van der Waals surface area contributed by atoms with Crippen LogP contribution in [0.25, 0.3) is 0 Å². The number of alkyl halides is 3. The average Bonchev–Trinajstić information content (AvgIpc) is 2.60. The van der Waals surface area contributed by atoms with Crippen LogP contribution >= 0.6 is 0 Å². The summed E-state index contributed by atoms with van der Waals surface area (Å²) in [4.78, 5) is 24.6. The molecule has 29 heavy (non-hydrogen) atoms. The van der Waals surface area contributed by atoms with Crippen LogP contribution in [0.2, 0.25) is 0 Å². The highest BCUT2D eigenvalue weighted by Gasteiger charge is 2.35. The highest BCUT2D eigenvalue weighted by molar-refractivity contribution is 6.06. The molecule has 152 valence electrons. The number of urea groups is 1. The minimum Gasteiger partial charge on any atom is -0.326 e. The fourth-order valence-electron chi connectivity index (χ4n) is 2.97. The molecule has 1 heterocycles. The highest BCUT2D eigenvalue weighted by atomic mass is 19.4. The number of halogens is 5. The van der Waals surface area contributed by atoms with Gasteiger partial charge in [0.15, 0.2) is 0 Å². The average molecular weight is 411 g/mol. The Balaban J connectivity index is 1.99. The van der Waals surface area contributed by atoms with Crippen molar-refractivity contribution in [2.75, 3.05) is 5.32 Å². The van der Waals surface area contributed by atoms with Crippen LogP contribution in [-0.2, 0) is 11.0 Å². The summed E-state index contributed by atoms with van der Waals surface area (Å²) < 4.78 is 67.1. The van der Waals surface area contributed by atoms with Crippen LogP contribution < -0.4 is 16.0 Å². The highest BCUT2D eigenvalue weighted by Crippen LogP contribution is 2.33. The van der Waals surface area contributed by atoms with E-state index in [2.05, 4.69) is 16.0 Å². The summed E-state index contributed by atoms with van der Waals surface area (Å²) in [5.41, 5.74) is -1.95. The molecule has 1 aliphatic heterocycles. The van der Waals surface area contributed by atoms with Gasteiger partial charge in [-0.2, -0.15) is 13.2 Å². The van der Waals surface area contributed by atoms with E-state index in [0.717, 1.165) is 36.4 Å². The Hall–Kier alpha value is -3.43. The molecule has 5 nitrogen and oxygen atoms in total. The molecule has 0 spiro atoms. The van der Waals surface area contributed by atoms with E-state index in [1.807, 2.05) is 0 Å². The zero-order valence-electron chi connectivity index (χ0n) is 14.8. The second-order valence-electron chi connectivity index (χ2n) is 6.24. The Morgan fingerprint density at radius 1 is 1.07 bits per heavy atom. The van der Waals surface area contributed by atoms with E-state index in [4.69, 9.17) is 0 Å². The van der Waals surface area contributed by atoms with E-state index in [9.17, 15) is 31.5 Å². The third-order valence-corrected chi connectivity index (χ3v) is 4.25. The summed E-state index contributed by atoms with van der Waals surface area (Å²) in [5.74, 6) is -2.91. The smallest absolute Gasteiger partial charge is 0.326 e. The lowest BCUT2D eigenvalue weighted by molar-refractivity contribution is -0.137. The monoisotopic (exact) mass is 411 g/mol. The van der Waals surface area contributed by atoms with Gasteiger partial charge < -0.3 is 16.0 Å². The maximum absolute atomic E-state index is 14.2. The lowest BCUT2D eigenvalue weighted by Crippen LogP contribution is -2.46. The van der Waals surface area contributed by atoms with E-state index in [-0.39, 0.29) is 17.0 Å². The van der Waals surface area contributed by atoms with Crippen molar-refractivity contribution in [1.29, 1.82) is 0 Å². The first kappa shape index (κ1) is 20.3. The minimum absolute atomic E-state index is 0.00544. The van der Waals surface area contributed by atoms with Gasteiger partial charge in [-0.25, -0.2) is 13.6 Å². The molecule has 0 fully saturated rings. The lowest BCUT2D eigenvalue weighted by Gasteiger charge is -2.29. The Labute approximate surface area is 161 Å². The molecule has 0 saturated carbocycles. The first-order chi connectivity index (χ1) is 13.6. The first-order valence-electron chi connectivity index (χ1n) is 8.28. The van der Waals surface area contributed by atoms with E-state index in [1.165, 1.54) is 13.0 Å². The second kappa shape index (κ2) is 7.53. The van der Waals surface area contributed by atoms with Crippen LogP contribution in [0, 0.1) is 11.6 Å². The van der Waals surface area contributed by atoms with Crippen molar-refractivity contribution >= 4 is 17.6 Å². The Kier molecular flexibility index (Phi) is 5.27. The normalized spacial score (nSPS) is 16.9. The van der Waals surface area contributed by atoms with Gasteiger partial charge in [-0.15, -0.1) is 0 Å². The fraction of sp³-hybridized carbons (Fsp3) is 0.158. The number of allylic oxidation sites excluding steroid dienone is 1. The molecule has 1 unspecified atom stereocenters. The number of amides is 3. The summed E-state index contributed by atoms with van der Waals surface area (Å²) in [7, 11) is 0. The van der Waals surface area contributed by atoms with E-state index >= 15 is 0 Å². The molecule has 2 aromatic rings. The first-order valence-corrected chi connectivity index (χ1v) is 8.28.